The van der Waals surface area contributed by atoms with Crippen LogP contribution in [0.2, 0.25) is 0 Å². The lowest BCUT2D eigenvalue weighted by Crippen LogP contribution is -2.12. The Hall–Kier alpha value is -2.12. The Morgan fingerprint density at radius 1 is 1.22 bits per heavy atom. The highest BCUT2D eigenvalue weighted by atomic mass is 79.9. The van der Waals surface area contributed by atoms with Crippen molar-refractivity contribution < 1.29 is 9.18 Å². The van der Waals surface area contributed by atoms with Crippen molar-refractivity contribution in [1.82, 2.24) is 9.97 Å². The zero-order valence-electron chi connectivity index (χ0n) is 11.8. The molecular weight excluding hydrogens is 381 g/mol. The number of nitrogens with one attached hydrogen (secondary N) is 1. The molecule has 0 radical (unpaired) electrons. The molecule has 7 heteroatoms. The summed E-state index contributed by atoms with van der Waals surface area (Å²) in [5.41, 5.74) is 1.42. The summed E-state index contributed by atoms with van der Waals surface area (Å²) in [4.78, 5) is 21.5. The van der Waals surface area contributed by atoms with Gasteiger partial charge >= 0.3 is 0 Å². The van der Waals surface area contributed by atoms with Crippen LogP contribution in [0, 0.1) is 5.82 Å². The average Bonchev–Trinajstić information content (AvgIpc) is 3.01. The van der Waals surface area contributed by atoms with Crippen molar-refractivity contribution in [2.75, 3.05) is 5.32 Å². The second-order valence-electron chi connectivity index (χ2n) is 4.60. The van der Waals surface area contributed by atoms with Crippen LogP contribution in [-0.4, -0.2) is 15.9 Å². The first-order chi connectivity index (χ1) is 11.2. The second kappa shape index (κ2) is 6.97. The highest BCUT2D eigenvalue weighted by molar-refractivity contribution is 9.08. The van der Waals surface area contributed by atoms with E-state index in [1.54, 1.807) is 36.5 Å². The SMILES string of the molecule is O=C(Nc1ccccn1)c1sc(-c2ccc(F)cc2)nc1CBr. The number of anilines is 1. The topological polar surface area (TPSA) is 54.9 Å². The molecule has 4 nitrogen and oxygen atoms in total. The fraction of sp³-hybridized carbons (Fsp3) is 0.0625. The number of rotatable bonds is 4. The van der Waals surface area contributed by atoms with Crippen LogP contribution in [0.25, 0.3) is 10.6 Å². The van der Waals surface area contributed by atoms with E-state index in [4.69, 9.17) is 0 Å². The molecule has 116 valence electrons. The number of pyridine rings is 1. The molecular formula is C16H11BrFN3OS. The Morgan fingerprint density at radius 2 is 2.00 bits per heavy atom. The molecule has 1 aromatic carbocycles. The van der Waals surface area contributed by atoms with Gasteiger partial charge in [0.15, 0.2) is 0 Å². The number of thiazole rings is 1. The van der Waals surface area contributed by atoms with Gasteiger partial charge < -0.3 is 5.32 Å². The van der Waals surface area contributed by atoms with Crippen molar-refractivity contribution in [1.29, 1.82) is 0 Å². The van der Waals surface area contributed by atoms with Gasteiger partial charge in [-0.3, -0.25) is 4.79 Å². The van der Waals surface area contributed by atoms with Crippen LogP contribution in [0.15, 0.2) is 48.7 Å². The Morgan fingerprint density at radius 3 is 2.65 bits per heavy atom. The van der Waals surface area contributed by atoms with E-state index in [0.29, 0.717) is 26.7 Å². The molecule has 0 aliphatic rings. The van der Waals surface area contributed by atoms with Gasteiger partial charge in [-0.05, 0) is 36.4 Å². The van der Waals surface area contributed by atoms with E-state index in [1.165, 1.54) is 23.5 Å². The van der Waals surface area contributed by atoms with Crippen molar-refractivity contribution >= 4 is 39.0 Å². The standard InChI is InChI=1S/C16H11BrFN3OS/c17-9-12-14(15(22)21-13-3-1-2-8-19-13)23-16(20-12)10-4-6-11(18)7-5-10/h1-8H,9H2,(H,19,21,22). The summed E-state index contributed by atoms with van der Waals surface area (Å²) >= 11 is 4.62. The van der Waals surface area contributed by atoms with E-state index < -0.39 is 0 Å². The molecule has 0 unspecified atom stereocenters. The first kappa shape index (κ1) is 15.8. The number of carbonyl (C=O) groups is 1. The lowest BCUT2D eigenvalue weighted by atomic mass is 10.2. The molecule has 2 aromatic heterocycles. The maximum absolute atomic E-state index is 13.0. The molecule has 2 heterocycles. The number of aromatic nitrogens is 2. The van der Waals surface area contributed by atoms with Crippen molar-refractivity contribution in [3.63, 3.8) is 0 Å². The van der Waals surface area contributed by atoms with Crippen molar-refractivity contribution in [2.45, 2.75) is 5.33 Å². The van der Waals surface area contributed by atoms with Gasteiger partial charge in [-0.1, -0.05) is 22.0 Å². The zero-order chi connectivity index (χ0) is 16.2. The molecule has 23 heavy (non-hydrogen) atoms. The lowest BCUT2D eigenvalue weighted by molar-refractivity contribution is 0.102. The average molecular weight is 392 g/mol. The van der Waals surface area contributed by atoms with Crippen LogP contribution in [-0.2, 0) is 5.33 Å². The largest absolute Gasteiger partial charge is 0.306 e. The Labute approximate surface area is 144 Å². The summed E-state index contributed by atoms with van der Waals surface area (Å²) < 4.78 is 13.0. The molecule has 0 aliphatic heterocycles. The van der Waals surface area contributed by atoms with Crippen LogP contribution < -0.4 is 5.32 Å². The third-order valence-corrected chi connectivity index (χ3v) is 4.70. The number of halogens is 2. The Bertz CT molecular complexity index is 821. The highest BCUT2D eigenvalue weighted by Crippen LogP contribution is 2.30. The molecule has 0 bridgehead atoms. The third-order valence-electron chi connectivity index (χ3n) is 3.03. The monoisotopic (exact) mass is 391 g/mol. The number of amides is 1. The number of carbonyl (C=O) groups excluding carboxylic acids is 1. The molecule has 3 aromatic rings. The maximum atomic E-state index is 13.0. The molecule has 1 N–H and O–H groups in total. The highest BCUT2D eigenvalue weighted by Gasteiger charge is 2.18. The maximum Gasteiger partial charge on any atom is 0.268 e. The van der Waals surface area contributed by atoms with Gasteiger partial charge in [-0.2, -0.15) is 0 Å². The first-order valence-corrected chi connectivity index (χ1v) is 8.65. The van der Waals surface area contributed by atoms with Crippen molar-refractivity contribution in [2.24, 2.45) is 0 Å². The normalized spacial score (nSPS) is 10.5. The van der Waals surface area contributed by atoms with Gasteiger partial charge in [0, 0.05) is 17.1 Å². The van der Waals surface area contributed by atoms with E-state index >= 15 is 0 Å². The fourth-order valence-electron chi connectivity index (χ4n) is 1.95. The van der Waals surface area contributed by atoms with Crippen molar-refractivity contribution in [3.8, 4) is 10.6 Å². The van der Waals surface area contributed by atoms with Crippen LogP contribution in [0.5, 0.6) is 0 Å². The third kappa shape index (κ3) is 3.62. The van der Waals surface area contributed by atoms with Gasteiger partial charge in [0.2, 0.25) is 0 Å². The molecule has 3 rings (SSSR count). The lowest BCUT2D eigenvalue weighted by Gasteiger charge is -2.02. The fourth-order valence-corrected chi connectivity index (χ4v) is 3.52. The first-order valence-electron chi connectivity index (χ1n) is 6.71. The second-order valence-corrected chi connectivity index (χ2v) is 6.16. The van der Waals surface area contributed by atoms with E-state index in [1.807, 2.05) is 0 Å². The van der Waals surface area contributed by atoms with E-state index in [9.17, 15) is 9.18 Å². The smallest absolute Gasteiger partial charge is 0.268 e. The van der Waals surface area contributed by atoms with Crippen LogP contribution >= 0.6 is 27.3 Å². The molecule has 0 saturated carbocycles. The Kier molecular flexibility index (Phi) is 4.78. The summed E-state index contributed by atoms with van der Waals surface area (Å²) in [6, 6.07) is 11.3. The minimum absolute atomic E-state index is 0.260. The van der Waals surface area contributed by atoms with Gasteiger partial charge in [-0.25, -0.2) is 14.4 Å². The van der Waals surface area contributed by atoms with Gasteiger partial charge in [-0.15, -0.1) is 11.3 Å². The number of benzene rings is 1. The summed E-state index contributed by atoms with van der Waals surface area (Å²) in [7, 11) is 0. The zero-order valence-corrected chi connectivity index (χ0v) is 14.2. The van der Waals surface area contributed by atoms with E-state index in [2.05, 4.69) is 31.2 Å². The number of hydrogen-bond acceptors (Lipinski definition) is 4. The molecule has 1 amide bonds. The minimum Gasteiger partial charge on any atom is -0.306 e. The van der Waals surface area contributed by atoms with Crippen LogP contribution in [0.4, 0.5) is 10.2 Å². The predicted octanol–water partition coefficient (Wildman–Crippen LogP) is 4.49. The van der Waals surface area contributed by atoms with Gasteiger partial charge in [0.25, 0.3) is 5.91 Å². The molecule has 0 aliphatic carbocycles. The van der Waals surface area contributed by atoms with E-state index in [-0.39, 0.29) is 11.7 Å². The summed E-state index contributed by atoms with van der Waals surface area (Å²) in [6.07, 6.45) is 1.61. The summed E-state index contributed by atoms with van der Waals surface area (Å²) in [5.74, 6) is -0.0853. The summed E-state index contributed by atoms with van der Waals surface area (Å²) in [5, 5.41) is 3.87. The number of hydrogen-bond donors (Lipinski definition) is 1. The molecule has 0 saturated heterocycles. The minimum atomic E-state index is -0.306. The van der Waals surface area contributed by atoms with Crippen molar-refractivity contribution in [3.05, 3.63) is 65.0 Å². The van der Waals surface area contributed by atoms with Gasteiger partial charge in [0.05, 0.1) is 5.69 Å². The van der Waals surface area contributed by atoms with E-state index in [0.717, 1.165) is 5.56 Å². The Balaban J connectivity index is 1.90. The molecule has 0 atom stereocenters. The van der Waals surface area contributed by atoms with Gasteiger partial charge in [0.1, 0.15) is 21.5 Å². The number of nitrogens with zero attached hydrogens (tertiary/aromatic N) is 2. The van der Waals surface area contributed by atoms with Crippen LogP contribution in [0.3, 0.4) is 0 Å². The molecule has 0 fully saturated rings. The predicted molar refractivity (Wildman–Crippen MR) is 92.3 cm³/mol. The number of alkyl halides is 1. The quantitative estimate of drug-likeness (QED) is 0.666. The molecule has 0 spiro atoms. The summed E-state index contributed by atoms with van der Waals surface area (Å²) in [6.45, 7) is 0. The van der Waals surface area contributed by atoms with Crippen LogP contribution in [0.1, 0.15) is 15.4 Å².